The van der Waals surface area contributed by atoms with Gasteiger partial charge in [0.2, 0.25) is 0 Å². The van der Waals surface area contributed by atoms with Gasteiger partial charge in [0, 0.05) is 32.2 Å². The van der Waals surface area contributed by atoms with Gasteiger partial charge in [0.05, 0.1) is 0 Å². The molecule has 2 rings (SSSR count). The number of piperidine rings is 1. The van der Waals surface area contributed by atoms with E-state index in [2.05, 4.69) is 10.2 Å². The maximum absolute atomic E-state index is 12.3. The van der Waals surface area contributed by atoms with Gasteiger partial charge in [-0.3, -0.25) is 0 Å². The first kappa shape index (κ1) is 17.9. The van der Waals surface area contributed by atoms with E-state index in [1.165, 1.54) is 0 Å². The monoisotopic (exact) mass is 325 g/mol. The Hall–Kier alpha value is -1.46. The fraction of sp³-hybridized carbons (Fsp3) is 0.882. The van der Waals surface area contributed by atoms with Crippen LogP contribution in [0.3, 0.4) is 0 Å². The molecule has 132 valence electrons. The summed E-state index contributed by atoms with van der Waals surface area (Å²) in [5.41, 5.74) is -0.482. The first-order chi connectivity index (χ1) is 10.6. The van der Waals surface area contributed by atoms with E-state index in [0.29, 0.717) is 18.0 Å². The van der Waals surface area contributed by atoms with Crippen LogP contribution in [0.5, 0.6) is 0 Å². The summed E-state index contributed by atoms with van der Waals surface area (Å²) >= 11 is 0. The van der Waals surface area contributed by atoms with Crippen LogP contribution in [0.25, 0.3) is 0 Å². The predicted octanol–water partition coefficient (Wildman–Crippen LogP) is 2.82. The average Bonchev–Trinajstić information content (AvgIpc) is 2.64. The number of carbonyl (C=O) groups is 2. The molecule has 23 heavy (non-hydrogen) atoms. The molecule has 2 bridgehead atoms. The van der Waals surface area contributed by atoms with Crippen molar-refractivity contribution in [3.63, 3.8) is 0 Å². The van der Waals surface area contributed by atoms with Gasteiger partial charge in [-0.2, -0.15) is 0 Å². The van der Waals surface area contributed by atoms with E-state index in [1.54, 1.807) is 19.0 Å². The van der Waals surface area contributed by atoms with Crippen molar-refractivity contribution in [1.29, 1.82) is 0 Å². The van der Waals surface area contributed by atoms with Crippen molar-refractivity contribution in [2.75, 3.05) is 14.1 Å². The number of carbonyl (C=O) groups excluding carboxylic acids is 2. The summed E-state index contributed by atoms with van der Waals surface area (Å²) in [6.45, 7) is 7.63. The normalized spacial score (nSPS) is 28.3. The quantitative estimate of drug-likeness (QED) is 0.849. The van der Waals surface area contributed by atoms with Gasteiger partial charge in [-0.1, -0.05) is 0 Å². The van der Waals surface area contributed by atoms with Crippen molar-refractivity contribution >= 4 is 12.1 Å². The van der Waals surface area contributed by atoms with Crippen molar-refractivity contribution in [3.8, 4) is 0 Å². The number of ether oxygens (including phenoxy) is 1. The van der Waals surface area contributed by atoms with E-state index in [-0.39, 0.29) is 18.2 Å². The maximum atomic E-state index is 12.3. The fourth-order valence-corrected chi connectivity index (χ4v) is 3.78. The minimum absolute atomic E-state index is 0.0598. The van der Waals surface area contributed by atoms with Crippen LogP contribution in [-0.2, 0) is 4.74 Å². The van der Waals surface area contributed by atoms with Crippen LogP contribution in [0.4, 0.5) is 9.59 Å². The molecule has 6 nitrogen and oxygen atoms in total. The molecule has 0 saturated carbocycles. The number of hydrogen-bond donors (Lipinski definition) is 1. The highest BCUT2D eigenvalue weighted by molar-refractivity contribution is 5.75. The minimum Gasteiger partial charge on any atom is -0.444 e. The Morgan fingerprint density at radius 1 is 1.17 bits per heavy atom. The van der Waals surface area contributed by atoms with Gasteiger partial charge < -0.3 is 19.9 Å². The zero-order valence-electron chi connectivity index (χ0n) is 15.3. The number of hydrogen-bond acceptors (Lipinski definition) is 3. The van der Waals surface area contributed by atoms with Gasteiger partial charge >= 0.3 is 12.1 Å². The van der Waals surface area contributed by atoms with Gasteiger partial charge in [-0.15, -0.1) is 0 Å². The molecule has 1 N–H and O–H groups in total. The fourth-order valence-electron chi connectivity index (χ4n) is 3.78. The molecule has 0 spiro atoms. The third kappa shape index (κ3) is 4.30. The molecule has 6 heteroatoms. The Morgan fingerprint density at radius 2 is 1.70 bits per heavy atom. The molecule has 2 saturated heterocycles. The molecule has 3 atom stereocenters. The molecular formula is C17H31N3O3. The Bertz CT molecular complexity index is 444. The SMILES string of the molecule is C[C@@H](NC(=O)OC(C)(C)C)C1CC2CCC(C1)N2C(=O)N(C)C. The van der Waals surface area contributed by atoms with Gasteiger partial charge in [-0.05, 0) is 59.3 Å². The summed E-state index contributed by atoms with van der Waals surface area (Å²) < 4.78 is 5.34. The molecule has 0 aromatic carbocycles. The van der Waals surface area contributed by atoms with Crippen molar-refractivity contribution in [3.05, 3.63) is 0 Å². The van der Waals surface area contributed by atoms with Crippen LogP contribution in [0, 0.1) is 5.92 Å². The lowest BCUT2D eigenvalue weighted by Crippen LogP contribution is -2.53. The van der Waals surface area contributed by atoms with E-state index in [0.717, 1.165) is 25.7 Å². The summed E-state index contributed by atoms with van der Waals surface area (Å²) in [6, 6.07) is 0.779. The standard InChI is InChI=1S/C17H31N3O3/c1-11(18-15(21)23-17(2,3)4)12-9-13-7-8-14(10-12)20(13)16(22)19(5)6/h11-14H,7-10H2,1-6H3,(H,18,21)/t11-,12?,13?,14?/m1/s1. The number of fused-ring (bicyclic) bond motifs is 2. The highest BCUT2D eigenvalue weighted by Crippen LogP contribution is 2.40. The molecule has 0 aromatic rings. The van der Waals surface area contributed by atoms with Crippen molar-refractivity contribution < 1.29 is 14.3 Å². The van der Waals surface area contributed by atoms with E-state index in [9.17, 15) is 9.59 Å². The summed E-state index contributed by atoms with van der Waals surface area (Å²) in [6.07, 6.45) is 3.68. The van der Waals surface area contributed by atoms with Gasteiger partial charge in [0.1, 0.15) is 5.60 Å². The van der Waals surface area contributed by atoms with Gasteiger partial charge in [0.25, 0.3) is 0 Å². The molecule has 2 aliphatic heterocycles. The number of urea groups is 1. The van der Waals surface area contributed by atoms with E-state index in [4.69, 9.17) is 4.74 Å². The smallest absolute Gasteiger partial charge is 0.407 e. The average molecular weight is 325 g/mol. The summed E-state index contributed by atoms with van der Waals surface area (Å²) in [5.74, 6) is 0.395. The van der Waals surface area contributed by atoms with Crippen molar-refractivity contribution in [2.24, 2.45) is 5.92 Å². The molecule has 3 amide bonds. The lowest BCUT2D eigenvalue weighted by Gasteiger charge is -2.42. The number of alkyl carbamates (subject to hydrolysis) is 1. The molecular weight excluding hydrogens is 294 g/mol. The Labute approximate surface area is 139 Å². The molecule has 2 fully saturated rings. The molecule has 2 unspecified atom stereocenters. The Balaban J connectivity index is 1.92. The first-order valence-electron chi connectivity index (χ1n) is 8.57. The Kier molecular flexibility index (Phi) is 5.11. The van der Waals surface area contributed by atoms with Crippen LogP contribution in [0.15, 0.2) is 0 Å². The van der Waals surface area contributed by atoms with E-state index >= 15 is 0 Å². The second kappa shape index (κ2) is 6.57. The lowest BCUT2D eigenvalue weighted by molar-refractivity contribution is 0.0449. The largest absolute Gasteiger partial charge is 0.444 e. The number of nitrogens with one attached hydrogen (secondary N) is 1. The maximum Gasteiger partial charge on any atom is 0.407 e. The lowest BCUT2D eigenvalue weighted by atomic mass is 9.86. The van der Waals surface area contributed by atoms with Crippen LogP contribution in [0.2, 0.25) is 0 Å². The predicted molar refractivity (Wildman–Crippen MR) is 89.3 cm³/mol. The van der Waals surface area contributed by atoms with E-state index in [1.807, 2.05) is 27.7 Å². The van der Waals surface area contributed by atoms with Gasteiger partial charge in [0.15, 0.2) is 0 Å². The number of amides is 3. The highest BCUT2D eigenvalue weighted by atomic mass is 16.6. The summed E-state index contributed by atoms with van der Waals surface area (Å²) in [7, 11) is 3.61. The third-order valence-corrected chi connectivity index (χ3v) is 4.82. The number of rotatable bonds is 2. The third-order valence-electron chi connectivity index (χ3n) is 4.82. The van der Waals surface area contributed by atoms with Gasteiger partial charge in [-0.25, -0.2) is 9.59 Å². The summed E-state index contributed by atoms with van der Waals surface area (Å²) in [5, 5.41) is 2.97. The molecule has 2 aliphatic rings. The minimum atomic E-state index is -0.482. The molecule has 0 radical (unpaired) electrons. The van der Waals surface area contributed by atoms with Crippen LogP contribution >= 0.6 is 0 Å². The van der Waals surface area contributed by atoms with Crippen LogP contribution in [0.1, 0.15) is 53.4 Å². The zero-order valence-corrected chi connectivity index (χ0v) is 15.3. The van der Waals surface area contributed by atoms with E-state index < -0.39 is 5.60 Å². The molecule has 0 aliphatic carbocycles. The number of nitrogens with zero attached hydrogens (tertiary/aromatic N) is 2. The summed E-state index contributed by atoms with van der Waals surface area (Å²) in [4.78, 5) is 28.0. The Morgan fingerprint density at radius 3 is 2.13 bits per heavy atom. The zero-order chi connectivity index (χ0) is 17.4. The van der Waals surface area contributed by atoms with Crippen molar-refractivity contribution in [1.82, 2.24) is 15.1 Å². The molecule has 2 heterocycles. The topological polar surface area (TPSA) is 61.9 Å². The highest BCUT2D eigenvalue weighted by Gasteiger charge is 2.45. The van der Waals surface area contributed by atoms with Crippen molar-refractivity contribution in [2.45, 2.75) is 77.1 Å². The second-order valence-electron chi connectivity index (χ2n) is 8.14. The first-order valence-corrected chi connectivity index (χ1v) is 8.57. The van der Waals surface area contributed by atoms with Crippen LogP contribution in [-0.4, -0.2) is 59.7 Å². The second-order valence-corrected chi connectivity index (χ2v) is 8.14. The molecule has 0 aromatic heterocycles. The van der Waals surface area contributed by atoms with Crippen LogP contribution < -0.4 is 5.32 Å².